The summed E-state index contributed by atoms with van der Waals surface area (Å²) in [5.41, 5.74) is 8.09. The Morgan fingerprint density at radius 3 is 2.75 bits per heavy atom. The maximum absolute atomic E-state index is 8.51. The molecule has 0 amide bonds. The van der Waals surface area contributed by atoms with Gasteiger partial charge < -0.3 is 15.4 Å². The zero-order valence-corrected chi connectivity index (χ0v) is 14.0. The first-order valence-corrected chi connectivity index (χ1v) is 8.37. The van der Waals surface area contributed by atoms with Crippen LogP contribution in [0.15, 0.2) is 30.6 Å². The monoisotopic (exact) mass is 325 g/mol. The maximum atomic E-state index is 8.51. The highest BCUT2D eigenvalue weighted by Gasteiger charge is 2.16. The number of hydrogen-bond donors (Lipinski definition) is 2. The third kappa shape index (κ3) is 3.48. The zero-order chi connectivity index (χ0) is 16.9. The first-order valence-electron chi connectivity index (χ1n) is 8.37. The van der Waals surface area contributed by atoms with Gasteiger partial charge in [0.1, 0.15) is 17.9 Å². The van der Waals surface area contributed by atoms with Gasteiger partial charge in [0.15, 0.2) is 0 Å². The van der Waals surface area contributed by atoms with Crippen molar-refractivity contribution in [3.63, 3.8) is 0 Å². The summed E-state index contributed by atoms with van der Waals surface area (Å²) >= 11 is 0. The van der Waals surface area contributed by atoms with E-state index in [0.717, 1.165) is 18.9 Å². The minimum absolute atomic E-state index is 0.287. The van der Waals surface area contributed by atoms with E-state index in [4.69, 9.17) is 15.9 Å². The number of anilines is 2. The van der Waals surface area contributed by atoms with Crippen molar-refractivity contribution in [2.75, 3.05) is 30.3 Å². The van der Waals surface area contributed by atoms with Gasteiger partial charge in [-0.1, -0.05) is 0 Å². The van der Waals surface area contributed by atoms with Gasteiger partial charge in [0.25, 0.3) is 0 Å². The molecule has 0 spiro atoms. The first kappa shape index (κ1) is 16.2. The van der Waals surface area contributed by atoms with Crippen LogP contribution in [0.25, 0.3) is 0 Å². The van der Waals surface area contributed by atoms with Crippen LogP contribution in [0.3, 0.4) is 0 Å². The van der Waals surface area contributed by atoms with Crippen LogP contribution in [0, 0.1) is 5.41 Å². The van der Waals surface area contributed by atoms with Crippen LogP contribution in [0.1, 0.15) is 37.4 Å². The maximum Gasteiger partial charge on any atom is 0.132 e. The number of nitrogens with two attached hydrogens (primary N) is 1. The van der Waals surface area contributed by atoms with Crippen molar-refractivity contribution >= 4 is 17.2 Å². The lowest BCUT2D eigenvalue weighted by molar-refractivity contribution is 0.340. The topological polar surface area (TPSA) is 88.1 Å². The largest absolute Gasteiger partial charge is 0.494 e. The molecule has 0 unspecified atom stereocenters. The molecule has 126 valence electrons. The van der Waals surface area contributed by atoms with Crippen molar-refractivity contribution in [3.8, 4) is 5.75 Å². The van der Waals surface area contributed by atoms with Gasteiger partial charge in [-0.25, -0.2) is 9.97 Å². The van der Waals surface area contributed by atoms with Gasteiger partial charge in [0.05, 0.1) is 18.0 Å². The number of hydrogen-bond acceptors (Lipinski definition) is 6. The summed E-state index contributed by atoms with van der Waals surface area (Å²) in [4.78, 5) is 10.9. The summed E-state index contributed by atoms with van der Waals surface area (Å²) in [6.45, 7) is 4.51. The SMILES string of the molecule is CCOc1ccc(N)c(C(=N)c2cc(N3CCCCC3)ncn2)c1. The van der Waals surface area contributed by atoms with E-state index in [1.165, 1.54) is 25.6 Å². The van der Waals surface area contributed by atoms with E-state index in [0.29, 0.717) is 29.3 Å². The lowest BCUT2D eigenvalue weighted by Crippen LogP contribution is -2.30. The van der Waals surface area contributed by atoms with Gasteiger partial charge in [-0.2, -0.15) is 0 Å². The number of ether oxygens (including phenoxy) is 1. The van der Waals surface area contributed by atoms with E-state index in [-0.39, 0.29) is 5.71 Å². The lowest BCUT2D eigenvalue weighted by atomic mass is 10.0. The second kappa shape index (κ2) is 7.29. The number of piperidine rings is 1. The second-order valence-corrected chi connectivity index (χ2v) is 5.87. The smallest absolute Gasteiger partial charge is 0.132 e. The molecule has 0 radical (unpaired) electrons. The Morgan fingerprint density at radius 2 is 2.00 bits per heavy atom. The number of rotatable bonds is 5. The van der Waals surface area contributed by atoms with Crippen LogP contribution in [-0.2, 0) is 0 Å². The average molecular weight is 325 g/mol. The van der Waals surface area contributed by atoms with Crippen LogP contribution in [-0.4, -0.2) is 35.4 Å². The van der Waals surface area contributed by atoms with E-state index in [9.17, 15) is 0 Å². The molecule has 0 aliphatic carbocycles. The van der Waals surface area contributed by atoms with Crippen LogP contribution in [0.2, 0.25) is 0 Å². The van der Waals surface area contributed by atoms with Gasteiger partial charge in [-0.15, -0.1) is 0 Å². The van der Waals surface area contributed by atoms with Crippen LogP contribution in [0.5, 0.6) is 5.75 Å². The average Bonchev–Trinajstić information content (AvgIpc) is 2.64. The summed E-state index contributed by atoms with van der Waals surface area (Å²) < 4.78 is 5.51. The van der Waals surface area contributed by atoms with E-state index in [2.05, 4.69) is 14.9 Å². The lowest BCUT2D eigenvalue weighted by Gasteiger charge is -2.27. The standard InChI is InChI=1S/C18H23N5O/c1-2-24-13-6-7-15(19)14(10-13)18(20)16-11-17(22-12-21-16)23-8-4-3-5-9-23/h6-7,10-12,20H,2-5,8-9,19H2,1H3. The molecule has 6 heteroatoms. The minimum atomic E-state index is 0.287. The molecule has 1 aromatic carbocycles. The molecule has 3 rings (SSSR count). The molecule has 2 aromatic rings. The van der Waals surface area contributed by atoms with Crippen molar-refractivity contribution in [3.05, 3.63) is 41.9 Å². The molecule has 3 N–H and O–H groups in total. The summed E-state index contributed by atoms with van der Waals surface area (Å²) in [6.07, 6.45) is 5.15. The third-order valence-corrected chi connectivity index (χ3v) is 4.19. The molecular formula is C18H23N5O. The third-order valence-electron chi connectivity index (χ3n) is 4.19. The van der Waals surface area contributed by atoms with Crippen molar-refractivity contribution in [2.24, 2.45) is 0 Å². The van der Waals surface area contributed by atoms with Crippen molar-refractivity contribution in [2.45, 2.75) is 26.2 Å². The Balaban J connectivity index is 1.88. The molecular weight excluding hydrogens is 302 g/mol. The summed E-state index contributed by atoms with van der Waals surface area (Å²) in [5, 5.41) is 8.51. The molecule has 0 atom stereocenters. The van der Waals surface area contributed by atoms with E-state index in [1.807, 2.05) is 19.1 Å². The molecule has 1 fully saturated rings. The van der Waals surface area contributed by atoms with E-state index < -0.39 is 0 Å². The Hall–Kier alpha value is -2.63. The Labute approximate surface area is 142 Å². The van der Waals surface area contributed by atoms with Crippen molar-refractivity contribution < 1.29 is 4.74 Å². The number of nitrogens with one attached hydrogen (secondary N) is 1. The normalized spacial score (nSPS) is 14.5. The molecule has 2 heterocycles. The van der Waals surface area contributed by atoms with Crippen molar-refractivity contribution in [1.29, 1.82) is 5.41 Å². The van der Waals surface area contributed by atoms with Crippen LogP contribution < -0.4 is 15.4 Å². The summed E-state index contributed by atoms with van der Waals surface area (Å²) in [6, 6.07) is 7.25. The van der Waals surface area contributed by atoms with E-state index in [1.54, 1.807) is 12.1 Å². The summed E-state index contributed by atoms with van der Waals surface area (Å²) in [7, 11) is 0. The fourth-order valence-electron chi connectivity index (χ4n) is 2.93. The highest BCUT2D eigenvalue weighted by molar-refractivity contribution is 6.13. The molecule has 1 aliphatic heterocycles. The second-order valence-electron chi connectivity index (χ2n) is 5.87. The number of benzene rings is 1. The fraction of sp³-hybridized carbons (Fsp3) is 0.389. The zero-order valence-electron chi connectivity index (χ0n) is 14.0. The molecule has 1 aliphatic rings. The Bertz CT molecular complexity index is 725. The van der Waals surface area contributed by atoms with Crippen molar-refractivity contribution in [1.82, 2.24) is 9.97 Å². The fourth-order valence-corrected chi connectivity index (χ4v) is 2.93. The van der Waals surface area contributed by atoms with Crippen LogP contribution >= 0.6 is 0 Å². The highest BCUT2D eigenvalue weighted by Crippen LogP contribution is 2.24. The molecule has 0 bridgehead atoms. The highest BCUT2D eigenvalue weighted by atomic mass is 16.5. The van der Waals surface area contributed by atoms with Gasteiger partial charge in [0.2, 0.25) is 0 Å². The number of nitrogen functional groups attached to an aromatic ring is 1. The predicted molar refractivity (Wildman–Crippen MR) is 96.1 cm³/mol. The predicted octanol–water partition coefficient (Wildman–Crippen LogP) is 2.86. The minimum Gasteiger partial charge on any atom is -0.494 e. The quantitative estimate of drug-likeness (QED) is 0.652. The number of aromatic nitrogens is 2. The van der Waals surface area contributed by atoms with Gasteiger partial charge in [0, 0.05) is 30.4 Å². The summed E-state index contributed by atoms with van der Waals surface area (Å²) in [5.74, 6) is 1.58. The number of nitrogens with zero attached hydrogens (tertiary/aromatic N) is 3. The van der Waals surface area contributed by atoms with Gasteiger partial charge in [-0.05, 0) is 44.4 Å². The Kier molecular flexibility index (Phi) is 4.93. The molecule has 1 aromatic heterocycles. The molecule has 6 nitrogen and oxygen atoms in total. The van der Waals surface area contributed by atoms with Gasteiger partial charge in [-0.3, -0.25) is 5.41 Å². The molecule has 0 saturated carbocycles. The molecule has 1 saturated heterocycles. The molecule has 24 heavy (non-hydrogen) atoms. The van der Waals surface area contributed by atoms with E-state index >= 15 is 0 Å². The van der Waals surface area contributed by atoms with Gasteiger partial charge >= 0.3 is 0 Å². The van der Waals surface area contributed by atoms with Crippen LogP contribution in [0.4, 0.5) is 11.5 Å². The Morgan fingerprint density at radius 1 is 1.21 bits per heavy atom. The first-order chi connectivity index (χ1) is 11.7.